The summed E-state index contributed by atoms with van der Waals surface area (Å²) in [6.07, 6.45) is 4.75. The van der Waals surface area contributed by atoms with Crippen molar-refractivity contribution in [1.82, 2.24) is 15.3 Å². The molecule has 0 amide bonds. The zero-order chi connectivity index (χ0) is 14.4. The number of aryl methyl sites for hydroxylation is 1. The lowest BCUT2D eigenvalue weighted by Gasteiger charge is -2.16. The lowest BCUT2D eigenvalue weighted by Crippen LogP contribution is -2.19. The van der Waals surface area contributed by atoms with E-state index in [0.29, 0.717) is 6.54 Å². The van der Waals surface area contributed by atoms with Gasteiger partial charge in [-0.3, -0.25) is 4.98 Å². The van der Waals surface area contributed by atoms with Crippen LogP contribution < -0.4 is 10.2 Å². The van der Waals surface area contributed by atoms with Crippen LogP contribution in [0.1, 0.15) is 30.6 Å². The molecule has 2 rings (SSSR count). The van der Waals surface area contributed by atoms with Gasteiger partial charge >= 0.3 is 0 Å². The fourth-order valence-electron chi connectivity index (χ4n) is 1.91. The van der Waals surface area contributed by atoms with Gasteiger partial charge in [0.2, 0.25) is 0 Å². The second kappa shape index (κ2) is 7.05. The van der Waals surface area contributed by atoms with Crippen LogP contribution >= 0.6 is 0 Å². The van der Waals surface area contributed by atoms with Gasteiger partial charge in [0.1, 0.15) is 17.3 Å². The van der Waals surface area contributed by atoms with E-state index in [9.17, 15) is 0 Å². The fourth-order valence-corrected chi connectivity index (χ4v) is 1.91. The van der Waals surface area contributed by atoms with Crippen molar-refractivity contribution in [3.05, 3.63) is 41.7 Å². The lowest BCUT2D eigenvalue weighted by molar-refractivity contribution is 0.481. The van der Waals surface area contributed by atoms with Crippen LogP contribution in [0, 0.1) is 6.92 Å². The van der Waals surface area contributed by atoms with Gasteiger partial charge in [-0.05, 0) is 32.0 Å². The van der Waals surface area contributed by atoms with E-state index in [0.717, 1.165) is 42.5 Å². The Morgan fingerprint density at radius 1 is 1.25 bits per heavy atom. The molecule has 0 bridgehead atoms. The van der Waals surface area contributed by atoms with Gasteiger partial charge in [-0.2, -0.15) is 0 Å². The number of aromatic nitrogens is 2. The second-order valence-corrected chi connectivity index (χ2v) is 4.91. The summed E-state index contributed by atoms with van der Waals surface area (Å²) < 4.78 is 5.56. The third kappa shape index (κ3) is 4.06. The van der Waals surface area contributed by atoms with Crippen molar-refractivity contribution in [3.63, 3.8) is 0 Å². The summed E-state index contributed by atoms with van der Waals surface area (Å²) >= 11 is 0. The van der Waals surface area contributed by atoms with Crippen molar-refractivity contribution in [1.29, 1.82) is 0 Å². The van der Waals surface area contributed by atoms with E-state index in [2.05, 4.69) is 22.2 Å². The third-order valence-electron chi connectivity index (χ3n) is 3.00. The highest BCUT2D eigenvalue weighted by molar-refractivity contribution is 5.35. The standard InChI is InChI=1S/C15H22N4O/c1-4-7-16-8-13-9-18-15(10-17-13)19(3)11-14-6-5-12(2)20-14/h5-6,9-10,16H,4,7-8,11H2,1-3H3. The maximum atomic E-state index is 5.56. The van der Waals surface area contributed by atoms with Crippen LogP contribution in [0.4, 0.5) is 5.82 Å². The van der Waals surface area contributed by atoms with Crippen molar-refractivity contribution >= 4 is 5.82 Å². The molecule has 0 saturated carbocycles. The SMILES string of the molecule is CCCNCc1cnc(N(C)Cc2ccc(C)o2)cn1. The Bertz CT molecular complexity index is 521. The number of anilines is 1. The molecule has 0 atom stereocenters. The molecular formula is C15H22N4O. The predicted molar refractivity (Wildman–Crippen MR) is 79.6 cm³/mol. The maximum Gasteiger partial charge on any atom is 0.147 e. The fraction of sp³-hybridized carbons (Fsp3) is 0.467. The first kappa shape index (κ1) is 14.5. The number of nitrogens with zero attached hydrogens (tertiary/aromatic N) is 3. The first-order valence-electron chi connectivity index (χ1n) is 6.97. The topological polar surface area (TPSA) is 54.2 Å². The van der Waals surface area contributed by atoms with Crippen LogP contribution in [-0.4, -0.2) is 23.6 Å². The van der Waals surface area contributed by atoms with Gasteiger partial charge in [0, 0.05) is 13.6 Å². The first-order chi connectivity index (χ1) is 9.69. The van der Waals surface area contributed by atoms with E-state index in [-0.39, 0.29) is 0 Å². The molecule has 0 aromatic carbocycles. The summed E-state index contributed by atoms with van der Waals surface area (Å²) in [5.41, 5.74) is 0.962. The van der Waals surface area contributed by atoms with Gasteiger partial charge in [0.25, 0.3) is 0 Å². The van der Waals surface area contributed by atoms with Crippen molar-refractivity contribution in [3.8, 4) is 0 Å². The molecule has 108 valence electrons. The summed E-state index contributed by atoms with van der Waals surface area (Å²) in [6, 6.07) is 3.96. The lowest BCUT2D eigenvalue weighted by atomic mass is 10.4. The van der Waals surface area contributed by atoms with Gasteiger partial charge in [-0.1, -0.05) is 6.92 Å². The highest BCUT2D eigenvalue weighted by Gasteiger charge is 2.07. The molecule has 0 spiro atoms. The molecule has 0 fully saturated rings. The molecule has 5 nitrogen and oxygen atoms in total. The third-order valence-corrected chi connectivity index (χ3v) is 3.00. The van der Waals surface area contributed by atoms with E-state index in [1.54, 1.807) is 6.20 Å². The zero-order valence-electron chi connectivity index (χ0n) is 12.4. The molecule has 2 aromatic rings. The number of furan rings is 1. The monoisotopic (exact) mass is 274 g/mol. The van der Waals surface area contributed by atoms with E-state index in [1.807, 2.05) is 37.2 Å². The quantitative estimate of drug-likeness (QED) is 0.786. The molecule has 20 heavy (non-hydrogen) atoms. The minimum Gasteiger partial charge on any atom is -0.464 e. The van der Waals surface area contributed by atoms with Crippen molar-refractivity contribution in [2.24, 2.45) is 0 Å². The molecule has 1 N–H and O–H groups in total. The van der Waals surface area contributed by atoms with Crippen LogP contribution in [0.2, 0.25) is 0 Å². The number of nitrogens with one attached hydrogen (secondary N) is 1. The smallest absolute Gasteiger partial charge is 0.147 e. The normalized spacial score (nSPS) is 10.8. The molecule has 0 aliphatic heterocycles. The Balaban J connectivity index is 1.91. The van der Waals surface area contributed by atoms with Crippen molar-refractivity contribution in [2.75, 3.05) is 18.5 Å². The van der Waals surface area contributed by atoms with E-state index in [4.69, 9.17) is 4.42 Å². The largest absolute Gasteiger partial charge is 0.464 e. The minimum atomic E-state index is 0.690. The van der Waals surface area contributed by atoms with Gasteiger partial charge in [0.05, 0.1) is 24.6 Å². The van der Waals surface area contributed by atoms with Gasteiger partial charge in [-0.15, -0.1) is 0 Å². The summed E-state index contributed by atoms with van der Waals surface area (Å²) in [7, 11) is 1.98. The molecule has 0 unspecified atom stereocenters. The Morgan fingerprint density at radius 3 is 2.70 bits per heavy atom. The molecule has 5 heteroatoms. The zero-order valence-corrected chi connectivity index (χ0v) is 12.4. The van der Waals surface area contributed by atoms with Crippen molar-refractivity contribution in [2.45, 2.75) is 33.4 Å². The summed E-state index contributed by atoms with van der Waals surface area (Å²) in [5.74, 6) is 2.70. The highest BCUT2D eigenvalue weighted by atomic mass is 16.3. The average Bonchev–Trinajstić information content (AvgIpc) is 2.85. The summed E-state index contributed by atoms with van der Waals surface area (Å²) in [6.45, 7) is 6.55. The Hall–Kier alpha value is -1.88. The van der Waals surface area contributed by atoms with Crippen LogP contribution in [0.25, 0.3) is 0 Å². The molecule has 0 radical (unpaired) electrons. The van der Waals surface area contributed by atoms with E-state index < -0.39 is 0 Å². The second-order valence-electron chi connectivity index (χ2n) is 4.91. The van der Waals surface area contributed by atoms with Crippen LogP contribution in [0.5, 0.6) is 0 Å². The Labute approximate surface area is 120 Å². The van der Waals surface area contributed by atoms with E-state index in [1.165, 1.54) is 0 Å². The number of hydrogen-bond donors (Lipinski definition) is 1. The Kier molecular flexibility index (Phi) is 5.12. The van der Waals surface area contributed by atoms with Gasteiger partial charge in [0.15, 0.2) is 0 Å². The molecule has 2 aromatic heterocycles. The van der Waals surface area contributed by atoms with Crippen LogP contribution in [0.15, 0.2) is 28.9 Å². The number of rotatable bonds is 7. The maximum absolute atomic E-state index is 5.56. The van der Waals surface area contributed by atoms with Crippen LogP contribution in [0.3, 0.4) is 0 Å². The summed E-state index contributed by atoms with van der Waals surface area (Å²) in [5, 5.41) is 3.31. The van der Waals surface area contributed by atoms with Gasteiger partial charge in [-0.25, -0.2) is 4.98 Å². The Morgan fingerprint density at radius 2 is 2.10 bits per heavy atom. The molecule has 0 aliphatic carbocycles. The first-order valence-corrected chi connectivity index (χ1v) is 6.97. The predicted octanol–water partition coefficient (Wildman–Crippen LogP) is 2.51. The summed E-state index contributed by atoms with van der Waals surface area (Å²) in [4.78, 5) is 10.9. The van der Waals surface area contributed by atoms with E-state index >= 15 is 0 Å². The molecular weight excluding hydrogens is 252 g/mol. The van der Waals surface area contributed by atoms with Crippen LogP contribution in [-0.2, 0) is 13.1 Å². The average molecular weight is 274 g/mol. The number of hydrogen-bond acceptors (Lipinski definition) is 5. The highest BCUT2D eigenvalue weighted by Crippen LogP contribution is 2.13. The molecule has 0 aliphatic rings. The van der Waals surface area contributed by atoms with Crippen molar-refractivity contribution < 1.29 is 4.42 Å². The molecule has 2 heterocycles. The molecule has 0 saturated heterocycles. The minimum absolute atomic E-state index is 0.690. The van der Waals surface area contributed by atoms with Gasteiger partial charge < -0.3 is 14.6 Å².